The topological polar surface area (TPSA) is 64.0 Å². The zero-order valence-electron chi connectivity index (χ0n) is 13.4. The maximum absolute atomic E-state index is 12.9. The van der Waals surface area contributed by atoms with E-state index in [9.17, 15) is 22.8 Å². The second kappa shape index (κ2) is 6.40. The van der Waals surface area contributed by atoms with Gasteiger partial charge in [-0.3, -0.25) is 9.59 Å². The van der Waals surface area contributed by atoms with Crippen molar-refractivity contribution in [3.63, 3.8) is 0 Å². The van der Waals surface area contributed by atoms with Crippen LogP contribution >= 0.6 is 22.9 Å². The van der Waals surface area contributed by atoms with E-state index in [-0.39, 0.29) is 16.1 Å². The van der Waals surface area contributed by atoms with Crippen LogP contribution in [0.1, 0.15) is 20.8 Å². The van der Waals surface area contributed by atoms with Crippen molar-refractivity contribution in [2.45, 2.75) is 13.1 Å². The summed E-state index contributed by atoms with van der Waals surface area (Å²) in [7, 11) is 1.54. The Morgan fingerprint density at radius 1 is 1.35 bits per heavy atom. The molecule has 0 radical (unpaired) electrons. The Hall–Kier alpha value is -2.39. The van der Waals surface area contributed by atoms with Gasteiger partial charge in [0, 0.05) is 12.7 Å². The molecule has 0 saturated carbocycles. The normalized spacial score (nSPS) is 11.8. The fraction of sp³-hybridized carbons (Fsp3) is 0.188. The van der Waals surface area contributed by atoms with Crippen LogP contribution in [0.5, 0.6) is 0 Å². The molecule has 0 unspecified atom stereocenters. The number of hydrogen-bond acceptors (Lipinski definition) is 4. The van der Waals surface area contributed by atoms with Crippen molar-refractivity contribution in [1.82, 2.24) is 9.55 Å². The molecule has 0 atom stereocenters. The van der Waals surface area contributed by atoms with Gasteiger partial charge in [-0.25, -0.2) is 4.98 Å². The molecule has 0 bridgehead atoms. The summed E-state index contributed by atoms with van der Waals surface area (Å²) in [6, 6.07) is 3.10. The third-order valence-corrected chi connectivity index (χ3v) is 5.27. The van der Waals surface area contributed by atoms with Gasteiger partial charge in [0.2, 0.25) is 0 Å². The summed E-state index contributed by atoms with van der Waals surface area (Å²) in [6.07, 6.45) is -3.29. The SMILES string of the molecule is Cc1c(C(=O)Nc2ccc(Cl)c(C(F)(F)F)c2)sc2ncn(C)c(=O)c12. The molecule has 0 aliphatic heterocycles. The number of alkyl halides is 3. The second-order valence-electron chi connectivity index (χ2n) is 5.54. The summed E-state index contributed by atoms with van der Waals surface area (Å²) in [6.45, 7) is 1.60. The van der Waals surface area contributed by atoms with E-state index in [1.54, 1.807) is 6.92 Å². The van der Waals surface area contributed by atoms with Crippen LogP contribution in [-0.2, 0) is 13.2 Å². The molecule has 2 aromatic heterocycles. The summed E-state index contributed by atoms with van der Waals surface area (Å²) < 4.78 is 40.1. The summed E-state index contributed by atoms with van der Waals surface area (Å²) in [5, 5.41) is 2.27. The lowest BCUT2D eigenvalue weighted by Crippen LogP contribution is -2.17. The molecule has 3 rings (SSSR count). The number of hydrogen-bond donors (Lipinski definition) is 1. The molecule has 136 valence electrons. The summed E-state index contributed by atoms with van der Waals surface area (Å²) in [5.41, 5.74) is -0.958. The highest BCUT2D eigenvalue weighted by atomic mass is 35.5. The molecule has 10 heteroatoms. The van der Waals surface area contributed by atoms with E-state index in [4.69, 9.17) is 11.6 Å². The Kier molecular flexibility index (Phi) is 4.53. The Morgan fingerprint density at radius 2 is 2.04 bits per heavy atom. The Bertz CT molecular complexity index is 1090. The molecule has 0 spiro atoms. The fourth-order valence-corrected chi connectivity index (χ4v) is 3.69. The van der Waals surface area contributed by atoms with Crippen molar-refractivity contribution in [2.75, 3.05) is 5.32 Å². The average Bonchev–Trinajstić information content (AvgIpc) is 2.89. The standard InChI is InChI=1S/C16H11ClF3N3O2S/c1-7-11-14(21-6-23(2)15(11)25)26-12(7)13(24)22-8-3-4-10(17)9(5-8)16(18,19)20/h3-6H,1-2H3,(H,22,24). The molecule has 2 heterocycles. The Labute approximate surface area is 154 Å². The molecular weight excluding hydrogens is 391 g/mol. The number of nitrogens with one attached hydrogen (secondary N) is 1. The molecule has 0 fully saturated rings. The highest BCUT2D eigenvalue weighted by molar-refractivity contribution is 7.20. The van der Waals surface area contributed by atoms with E-state index in [0.717, 1.165) is 23.5 Å². The van der Waals surface area contributed by atoms with Crippen LogP contribution < -0.4 is 10.9 Å². The summed E-state index contributed by atoms with van der Waals surface area (Å²) in [4.78, 5) is 29.4. The number of benzene rings is 1. The molecular formula is C16H11ClF3N3O2S. The fourth-order valence-electron chi connectivity index (χ4n) is 2.43. The number of carbonyl (C=O) groups excluding carboxylic acids is 1. The predicted molar refractivity (Wildman–Crippen MR) is 94.0 cm³/mol. The van der Waals surface area contributed by atoms with Gasteiger partial charge in [-0.05, 0) is 30.7 Å². The number of aryl methyl sites for hydroxylation is 2. The first-order valence-corrected chi connectivity index (χ1v) is 8.42. The van der Waals surface area contributed by atoms with Gasteiger partial charge in [0.1, 0.15) is 4.83 Å². The number of amides is 1. The summed E-state index contributed by atoms with van der Waals surface area (Å²) in [5.74, 6) is -0.622. The van der Waals surface area contributed by atoms with E-state index < -0.39 is 22.7 Å². The minimum absolute atomic E-state index is 0.0514. The lowest BCUT2D eigenvalue weighted by atomic mass is 10.1. The van der Waals surface area contributed by atoms with Crippen molar-refractivity contribution in [1.29, 1.82) is 0 Å². The lowest BCUT2D eigenvalue weighted by Gasteiger charge is -2.11. The highest BCUT2D eigenvalue weighted by Gasteiger charge is 2.33. The third-order valence-electron chi connectivity index (χ3n) is 3.75. The van der Waals surface area contributed by atoms with E-state index in [0.29, 0.717) is 15.8 Å². The van der Waals surface area contributed by atoms with Gasteiger partial charge in [0.15, 0.2) is 0 Å². The molecule has 26 heavy (non-hydrogen) atoms. The Balaban J connectivity index is 1.99. The quantitative estimate of drug-likeness (QED) is 0.699. The van der Waals surface area contributed by atoms with Gasteiger partial charge in [0.25, 0.3) is 11.5 Å². The highest BCUT2D eigenvalue weighted by Crippen LogP contribution is 2.36. The molecule has 0 aliphatic rings. The van der Waals surface area contributed by atoms with Gasteiger partial charge in [-0.2, -0.15) is 13.2 Å². The number of rotatable bonds is 2. The average molecular weight is 402 g/mol. The van der Waals surface area contributed by atoms with Crippen LogP contribution in [0.2, 0.25) is 5.02 Å². The molecule has 0 saturated heterocycles. The van der Waals surface area contributed by atoms with Gasteiger partial charge < -0.3 is 9.88 Å². The molecule has 5 nitrogen and oxygen atoms in total. The smallest absolute Gasteiger partial charge is 0.321 e. The van der Waals surface area contributed by atoms with Gasteiger partial charge in [-0.1, -0.05) is 11.6 Å². The number of halogens is 4. The molecule has 0 aliphatic carbocycles. The number of thiophene rings is 1. The van der Waals surface area contributed by atoms with Crippen LogP contribution in [0.4, 0.5) is 18.9 Å². The predicted octanol–water partition coefficient (Wildman–Crippen LogP) is 4.23. The van der Waals surface area contributed by atoms with Gasteiger partial charge in [0.05, 0.1) is 27.2 Å². The monoisotopic (exact) mass is 401 g/mol. The largest absolute Gasteiger partial charge is 0.417 e. The Morgan fingerprint density at radius 3 is 2.69 bits per heavy atom. The second-order valence-corrected chi connectivity index (χ2v) is 6.95. The molecule has 1 N–H and O–H groups in total. The maximum atomic E-state index is 12.9. The maximum Gasteiger partial charge on any atom is 0.417 e. The van der Waals surface area contributed by atoms with Crippen LogP contribution in [0, 0.1) is 6.92 Å². The molecule has 1 amide bonds. The van der Waals surface area contributed by atoms with Crippen LogP contribution in [-0.4, -0.2) is 15.5 Å². The van der Waals surface area contributed by atoms with E-state index in [2.05, 4.69) is 10.3 Å². The van der Waals surface area contributed by atoms with E-state index >= 15 is 0 Å². The first-order chi connectivity index (χ1) is 12.1. The van der Waals surface area contributed by atoms with Crippen LogP contribution in [0.3, 0.4) is 0 Å². The number of aromatic nitrogens is 2. The van der Waals surface area contributed by atoms with Gasteiger partial charge in [-0.15, -0.1) is 11.3 Å². The number of carbonyl (C=O) groups is 1. The lowest BCUT2D eigenvalue weighted by molar-refractivity contribution is -0.137. The van der Waals surface area contributed by atoms with Crippen molar-refractivity contribution in [3.8, 4) is 0 Å². The molecule has 1 aromatic carbocycles. The minimum Gasteiger partial charge on any atom is -0.321 e. The van der Waals surface area contributed by atoms with Crippen molar-refractivity contribution < 1.29 is 18.0 Å². The van der Waals surface area contributed by atoms with Crippen LogP contribution in [0.15, 0.2) is 29.3 Å². The number of anilines is 1. The van der Waals surface area contributed by atoms with Crippen molar-refractivity contribution >= 4 is 44.7 Å². The minimum atomic E-state index is -4.64. The van der Waals surface area contributed by atoms with Crippen molar-refractivity contribution in [2.24, 2.45) is 7.05 Å². The van der Waals surface area contributed by atoms with E-state index in [1.165, 1.54) is 24.0 Å². The molecule has 3 aromatic rings. The third kappa shape index (κ3) is 3.19. The van der Waals surface area contributed by atoms with E-state index in [1.807, 2.05) is 0 Å². The van der Waals surface area contributed by atoms with Gasteiger partial charge >= 0.3 is 6.18 Å². The van der Waals surface area contributed by atoms with Crippen molar-refractivity contribution in [3.05, 3.63) is 55.9 Å². The van der Waals surface area contributed by atoms with Crippen LogP contribution in [0.25, 0.3) is 10.2 Å². The zero-order valence-corrected chi connectivity index (χ0v) is 15.0. The summed E-state index contributed by atoms with van der Waals surface area (Å²) >= 11 is 6.57. The first-order valence-electron chi connectivity index (χ1n) is 7.22. The zero-order chi connectivity index (χ0) is 19.2. The number of fused-ring (bicyclic) bond motifs is 1. The number of nitrogens with zero attached hydrogens (tertiary/aromatic N) is 2. The first kappa shape index (κ1) is 18.4.